The van der Waals surface area contributed by atoms with Crippen molar-refractivity contribution in [1.82, 2.24) is 15.5 Å². The van der Waals surface area contributed by atoms with Crippen LogP contribution in [0, 0.1) is 12.8 Å². The number of benzene rings is 1. The molecular weight excluding hydrogens is 302 g/mol. The van der Waals surface area contributed by atoms with Crippen LogP contribution in [0.2, 0.25) is 5.02 Å². The molecule has 1 heterocycles. The Bertz CT molecular complexity index is 560. The highest BCUT2D eigenvalue weighted by Crippen LogP contribution is 2.27. The van der Waals surface area contributed by atoms with Crippen LogP contribution < -0.4 is 5.32 Å². The first kappa shape index (κ1) is 16.4. The minimum Gasteiger partial charge on any atom is -0.316 e. The van der Waals surface area contributed by atoms with E-state index >= 15 is 0 Å². The maximum atomic E-state index is 6.10. The van der Waals surface area contributed by atoms with Gasteiger partial charge in [-0.1, -0.05) is 36.8 Å². The Morgan fingerprint density at radius 3 is 2.76 bits per heavy atom. The van der Waals surface area contributed by atoms with Crippen molar-refractivity contribution in [2.45, 2.75) is 33.6 Å². The van der Waals surface area contributed by atoms with Gasteiger partial charge in [-0.25, -0.2) is 0 Å². The van der Waals surface area contributed by atoms with Gasteiger partial charge in [0.25, 0.3) is 0 Å². The van der Waals surface area contributed by atoms with Gasteiger partial charge in [-0.3, -0.25) is 0 Å². The molecule has 0 amide bonds. The van der Waals surface area contributed by atoms with Crippen molar-refractivity contribution in [1.29, 1.82) is 0 Å². The van der Waals surface area contributed by atoms with Crippen molar-refractivity contribution >= 4 is 22.9 Å². The van der Waals surface area contributed by atoms with E-state index in [2.05, 4.69) is 35.4 Å². The van der Waals surface area contributed by atoms with Gasteiger partial charge in [0, 0.05) is 17.0 Å². The van der Waals surface area contributed by atoms with Gasteiger partial charge in [-0.2, -0.15) is 0 Å². The summed E-state index contributed by atoms with van der Waals surface area (Å²) >= 11 is 7.76. The third-order valence-corrected chi connectivity index (χ3v) is 4.30. The van der Waals surface area contributed by atoms with Crippen LogP contribution in [0.5, 0.6) is 0 Å². The minimum atomic E-state index is 0.698. The summed E-state index contributed by atoms with van der Waals surface area (Å²) in [6, 6.07) is 6.00. The van der Waals surface area contributed by atoms with Crippen LogP contribution >= 0.6 is 22.9 Å². The van der Waals surface area contributed by atoms with Gasteiger partial charge >= 0.3 is 0 Å². The summed E-state index contributed by atoms with van der Waals surface area (Å²) in [6.45, 7) is 8.58. The highest BCUT2D eigenvalue weighted by molar-refractivity contribution is 7.14. The second-order valence-corrected chi connectivity index (χ2v) is 7.22. The summed E-state index contributed by atoms with van der Waals surface area (Å²) in [5, 5.41) is 14.8. The van der Waals surface area contributed by atoms with Crippen molar-refractivity contribution in [2.24, 2.45) is 5.92 Å². The number of halogens is 1. The first-order valence-electron chi connectivity index (χ1n) is 7.35. The minimum absolute atomic E-state index is 0.698. The largest absolute Gasteiger partial charge is 0.316 e. The van der Waals surface area contributed by atoms with E-state index in [0.717, 1.165) is 52.1 Å². The average molecular weight is 324 g/mol. The van der Waals surface area contributed by atoms with Gasteiger partial charge in [0.15, 0.2) is 0 Å². The summed E-state index contributed by atoms with van der Waals surface area (Å²) in [5.74, 6) is 0.698. The molecule has 21 heavy (non-hydrogen) atoms. The molecule has 0 fully saturated rings. The highest BCUT2D eigenvalue weighted by Gasteiger charge is 2.08. The Hall–Kier alpha value is -0.970. The Labute approximate surface area is 135 Å². The highest BCUT2D eigenvalue weighted by atomic mass is 35.5. The van der Waals surface area contributed by atoms with E-state index in [1.807, 2.05) is 19.1 Å². The molecule has 1 N–H and O–H groups in total. The first-order chi connectivity index (χ1) is 10.0. The zero-order valence-corrected chi connectivity index (χ0v) is 14.4. The SMILES string of the molecule is Cc1cc(Cl)cc(-c2nnc(CCCNCC(C)C)s2)c1. The molecule has 114 valence electrons. The molecule has 5 heteroatoms. The van der Waals surface area contributed by atoms with Gasteiger partial charge in [0.05, 0.1) is 0 Å². The molecule has 0 aliphatic heterocycles. The number of hydrogen-bond acceptors (Lipinski definition) is 4. The quantitative estimate of drug-likeness (QED) is 0.770. The van der Waals surface area contributed by atoms with Gasteiger partial charge in [-0.15, -0.1) is 10.2 Å². The molecular formula is C16H22ClN3S. The third-order valence-electron chi connectivity index (χ3n) is 3.05. The number of aryl methyl sites for hydroxylation is 2. The van der Waals surface area contributed by atoms with Crippen LogP contribution in [0.15, 0.2) is 18.2 Å². The van der Waals surface area contributed by atoms with Crippen LogP contribution in [0.4, 0.5) is 0 Å². The summed E-state index contributed by atoms with van der Waals surface area (Å²) in [6.07, 6.45) is 2.07. The van der Waals surface area contributed by atoms with Crippen LogP contribution in [-0.2, 0) is 6.42 Å². The Morgan fingerprint density at radius 1 is 1.24 bits per heavy atom. The molecule has 0 aliphatic carbocycles. The van der Waals surface area contributed by atoms with E-state index in [1.165, 1.54) is 0 Å². The molecule has 0 aliphatic rings. The Balaban J connectivity index is 1.89. The molecule has 2 rings (SSSR count). The third kappa shape index (κ3) is 5.38. The summed E-state index contributed by atoms with van der Waals surface area (Å²) in [5.41, 5.74) is 2.20. The van der Waals surface area contributed by atoms with E-state index in [9.17, 15) is 0 Å². The summed E-state index contributed by atoms with van der Waals surface area (Å²) in [7, 11) is 0. The lowest BCUT2D eigenvalue weighted by Crippen LogP contribution is -2.21. The molecule has 0 unspecified atom stereocenters. The molecule has 3 nitrogen and oxygen atoms in total. The number of rotatable bonds is 7. The number of hydrogen-bond donors (Lipinski definition) is 1. The molecule has 1 aromatic heterocycles. The van der Waals surface area contributed by atoms with Crippen LogP contribution in [-0.4, -0.2) is 23.3 Å². The molecule has 0 bridgehead atoms. The molecule has 0 spiro atoms. The van der Waals surface area contributed by atoms with Gasteiger partial charge in [-0.05, 0) is 56.1 Å². The standard InChI is InChI=1S/C16H22ClN3S/c1-11(2)10-18-6-4-5-15-19-20-16(21-15)13-7-12(3)8-14(17)9-13/h7-9,11,18H,4-6,10H2,1-3H3. The van der Waals surface area contributed by atoms with Crippen molar-refractivity contribution in [3.05, 3.63) is 33.8 Å². The zero-order chi connectivity index (χ0) is 15.2. The smallest absolute Gasteiger partial charge is 0.147 e. The van der Waals surface area contributed by atoms with E-state index in [-0.39, 0.29) is 0 Å². The van der Waals surface area contributed by atoms with Gasteiger partial charge < -0.3 is 5.32 Å². The predicted octanol–water partition coefficient (Wildman–Crippen LogP) is 4.35. The normalized spacial score (nSPS) is 11.3. The second-order valence-electron chi connectivity index (χ2n) is 5.72. The Kier molecular flexibility index (Phi) is 6.15. The van der Waals surface area contributed by atoms with Crippen molar-refractivity contribution in [2.75, 3.05) is 13.1 Å². The fourth-order valence-electron chi connectivity index (χ4n) is 2.09. The molecule has 0 saturated heterocycles. The maximum absolute atomic E-state index is 6.10. The van der Waals surface area contributed by atoms with Crippen molar-refractivity contribution < 1.29 is 0 Å². The Morgan fingerprint density at radius 2 is 2.05 bits per heavy atom. The lowest BCUT2D eigenvalue weighted by molar-refractivity contribution is 0.542. The van der Waals surface area contributed by atoms with Crippen LogP contribution in [0.25, 0.3) is 10.6 Å². The van der Waals surface area contributed by atoms with Crippen molar-refractivity contribution in [3.63, 3.8) is 0 Å². The lowest BCUT2D eigenvalue weighted by Gasteiger charge is -2.05. The predicted molar refractivity (Wildman–Crippen MR) is 91.1 cm³/mol. The number of nitrogens with zero attached hydrogens (tertiary/aromatic N) is 2. The first-order valence-corrected chi connectivity index (χ1v) is 8.54. The lowest BCUT2D eigenvalue weighted by atomic mass is 10.1. The molecule has 0 radical (unpaired) electrons. The summed E-state index contributed by atoms with van der Waals surface area (Å²) < 4.78 is 0. The summed E-state index contributed by atoms with van der Waals surface area (Å²) in [4.78, 5) is 0. The van der Waals surface area contributed by atoms with Gasteiger partial charge in [0.1, 0.15) is 10.0 Å². The van der Waals surface area contributed by atoms with Crippen LogP contribution in [0.1, 0.15) is 30.8 Å². The molecule has 0 atom stereocenters. The second kappa shape index (κ2) is 7.87. The fourth-order valence-corrected chi connectivity index (χ4v) is 3.24. The topological polar surface area (TPSA) is 37.8 Å². The molecule has 1 aromatic carbocycles. The van der Waals surface area contributed by atoms with Crippen LogP contribution in [0.3, 0.4) is 0 Å². The number of aromatic nitrogens is 2. The van der Waals surface area contributed by atoms with E-state index in [1.54, 1.807) is 11.3 Å². The van der Waals surface area contributed by atoms with E-state index in [4.69, 9.17) is 11.6 Å². The van der Waals surface area contributed by atoms with Gasteiger partial charge in [0.2, 0.25) is 0 Å². The van der Waals surface area contributed by atoms with E-state index in [0.29, 0.717) is 5.92 Å². The van der Waals surface area contributed by atoms with Crippen molar-refractivity contribution in [3.8, 4) is 10.6 Å². The molecule has 0 saturated carbocycles. The average Bonchev–Trinajstić information content (AvgIpc) is 2.85. The number of nitrogens with one attached hydrogen (secondary N) is 1. The fraction of sp³-hybridized carbons (Fsp3) is 0.500. The van der Waals surface area contributed by atoms with E-state index < -0.39 is 0 Å². The maximum Gasteiger partial charge on any atom is 0.147 e. The zero-order valence-electron chi connectivity index (χ0n) is 12.8. The molecule has 2 aromatic rings. The monoisotopic (exact) mass is 323 g/mol.